The molecule has 0 atom stereocenters. The summed E-state index contributed by atoms with van der Waals surface area (Å²) in [6.07, 6.45) is 1.77. The number of aromatic amines is 1. The number of hydrogen-bond acceptors (Lipinski definition) is 6. The lowest BCUT2D eigenvalue weighted by atomic mass is 10.1. The Labute approximate surface area is 185 Å². The Hall–Kier alpha value is -3.09. The van der Waals surface area contributed by atoms with E-state index in [-0.39, 0.29) is 23.8 Å². The van der Waals surface area contributed by atoms with Crippen molar-refractivity contribution in [1.29, 1.82) is 5.26 Å². The van der Waals surface area contributed by atoms with Crippen LogP contribution in [0.15, 0.2) is 56.9 Å². The molecule has 1 aromatic heterocycles. The number of amides is 1. The highest BCUT2D eigenvalue weighted by Gasteiger charge is 2.18. The van der Waals surface area contributed by atoms with Crippen LogP contribution in [-0.2, 0) is 4.79 Å². The van der Waals surface area contributed by atoms with Crippen molar-refractivity contribution in [1.82, 2.24) is 9.97 Å². The highest BCUT2D eigenvalue weighted by Crippen LogP contribution is 2.33. The third-order valence-electron chi connectivity index (χ3n) is 4.09. The summed E-state index contributed by atoms with van der Waals surface area (Å²) in [6, 6.07) is 14.4. The summed E-state index contributed by atoms with van der Waals surface area (Å²) in [5, 5.41) is 12.6. The Kier molecular flexibility index (Phi) is 6.92. The van der Waals surface area contributed by atoms with Gasteiger partial charge in [0.1, 0.15) is 23.1 Å². The van der Waals surface area contributed by atoms with Gasteiger partial charge in [0, 0.05) is 15.7 Å². The van der Waals surface area contributed by atoms with Crippen LogP contribution in [0.4, 0.5) is 5.69 Å². The van der Waals surface area contributed by atoms with Gasteiger partial charge in [0.05, 0.1) is 0 Å². The summed E-state index contributed by atoms with van der Waals surface area (Å²) in [5.41, 5.74) is 1.73. The lowest BCUT2D eigenvalue weighted by Crippen LogP contribution is -2.20. The molecule has 0 aliphatic carbocycles. The summed E-state index contributed by atoms with van der Waals surface area (Å²) in [7, 11) is 0. The lowest BCUT2D eigenvalue weighted by Gasteiger charge is -2.13. The molecule has 0 saturated carbocycles. The average molecular weight is 485 g/mol. The van der Waals surface area contributed by atoms with Gasteiger partial charge in [-0.25, -0.2) is 4.98 Å². The number of thioether (sulfide) groups is 1. The predicted octanol–water partition coefficient (Wildman–Crippen LogP) is 4.12. The number of halogens is 1. The highest BCUT2D eigenvalue weighted by molar-refractivity contribution is 9.10. The molecule has 30 heavy (non-hydrogen) atoms. The number of nitrogens with one attached hydrogen (secondary N) is 2. The maximum absolute atomic E-state index is 12.3. The minimum Gasteiger partial charge on any atom is -0.483 e. The molecule has 0 spiro atoms. The van der Waals surface area contributed by atoms with Crippen LogP contribution in [0.2, 0.25) is 0 Å². The first-order valence-electron chi connectivity index (χ1n) is 8.79. The summed E-state index contributed by atoms with van der Waals surface area (Å²) in [6.45, 7) is 1.72. The Morgan fingerprint density at radius 3 is 2.70 bits per heavy atom. The molecule has 1 amide bonds. The minimum absolute atomic E-state index is 0.125. The van der Waals surface area contributed by atoms with Gasteiger partial charge in [-0.1, -0.05) is 45.4 Å². The van der Waals surface area contributed by atoms with Crippen molar-refractivity contribution in [2.75, 3.05) is 18.2 Å². The van der Waals surface area contributed by atoms with Crippen LogP contribution >= 0.6 is 27.7 Å². The van der Waals surface area contributed by atoms with E-state index in [1.807, 2.05) is 37.3 Å². The smallest absolute Gasteiger partial charge is 0.270 e. The maximum atomic E-state index is 12.3. The molecule has 2 aromatic carbocycles. The molecular weight excluding hydrogens is 468 g/mol. The standard InChI is InChI=1S/C21H17BrN4O3S/c1-12-3-6-14(7-4-12)24-18(27)11-29-17-8-5-13(22)9-15(17)19-16(10-23)20(28)26-21(25-19)30-2/h3-9H,11H2,1-2H3,(H,24,27)(H,25,26,28). The Morgan fingerprint density at radius 1 is 1.30 bits per heavy atom. The molecule has 0 bridgehead atoms. The third-order valence-corrected chi connectivity index (χ3v) is 5.17. The number of benzene rings is 2. The number of nitrogens with zero attached hydrogens (tertiary/aromatic N) is 2. The molecule has 0 aliphatic heterocycles. The van der Waals surface area contributed by atoms with E-state index in [0.717, 1.165) is 5.56 Å². The molecule has 1 heterocycles. The molecule has 0 unspecified atom stereocenters. The molecule has 9 heteroatoms. The fourth-order valence-corrected chi connectivity index (χ4v) is 3.38. The van der Waals surface area contributed by atoms with E-state index in [0.29, 0.717) is 26.6 Å². The maximum Gasteiger partial charge on any atom is 0.270 e. The zero-order chi connectivity index (χ0) is 21.7. The van der Waals surface area contributed by atoms with E-state index in [1.165, 1.54) is 11.8 Å². The Bertz CT molecular complexity index is 1190. The second kappa shape index (κ2) is 9.61. The number of aryl methyl sites for hydroxylation is 1. The second-order valence-corrected chi connectivity index (χ2v) is 7.96. The van der Waals surface area contributed by atoms with Crippen molar-refractivity contribution >= 4 is 39.3 Å². The van der Waals surface area contributed by atoms with Crippen molar-refractivity contribution in [3.05, 3.63) is 68.4 Å². The lowest BCUT2D eigenvalue weighted by molar-refractivity contribution is -0.118. The van der Waals surface area contributed by atoms with E-state index in [4.69, 9.17) is 4.74 Å². The molecule has 2 N–H and O–H groups in total. The molecule has 3 rings (SSSR count). The van der Waals surface area contributed by atoms with Gasteiger partial charge in [-0.05, 0) is 43.5 Å². The molecule has 0 radical (unpaired) electrons. The third kappa shape index (κ3) is 5.09. The summed E-state index contributed by atoms with van der Waals surface area (Å²) in [4.78, 5) is 31.5. The van der Waals surface area contributed by atoms with E-state index in [2.05, 4.69) is 31.2 Å². The summed E-state index contributed by atoms with van der Waals surface area (Å²) < 4.78 is 6.43. The fourth-order valence-electron chi connectivity index (χ4n) is 2.64. The number of aromatic nitrogens is 2. The zero-order valence-electron chi connectivity index (χ0n) is 16.2. The van der Waals surface area contributed by atoms with Gasteiger partial charge < -0.3 is 15.0 Å². The first kappa shape index (κ1) is 21.6. The number of hydrogen-bond donors (Lipinski definition) is 2. The van der Waals surface area contributed by atoms with Gasteiger partial charge in [0.15, 0.2) is 11.8 Å². The van der Waals surface area contributed by atoms with E-state index in [9.17, 15) is 14.9 Å². The van der Waals surface area contributed by atoms with Gasteiger partial charge in [0.25, 0.3) is 11.5 Å². The summed E-state index contributed by atoms with van der Waals surface area (Å²) >= 11 is 4.64. The largest absolute Gasteiger partial charge is 0.483 e. The van der Waals surface area contributed by atoms with Crippen molar-refractivity contribution in [3.8, 4) is 23.1 Å². The number of rotatable bonds is 6. The van der Waals surface area contributed by atoms with Crippen LogP contribution in [-0.4, -0.2) is 28.7 Å². The van der Waals surface area contributed by atoms with Gasteiger partial charge in [-0.15, -0.1) is 0 Å². The molecule has 0 saturated heterocycles. The van der Waals surface area contributed by atoms with Crippen molar-refractivity contribution in [2.24, 2.45) is 0 Å². The van der Waals surface area contributed by atoms with E-state index >= 15 is 0 Å². The zero-order valence-corrected chi connectivity index (χ0v) is 18.6. The van der Waals surface area contributed by atoms with Crippen molar-refractivity contribution in [3.63, 3.8) is 0 Å². The van der Waals surface area contributed by atoms with Crippen LogP contribution in [0.3, 0.4) is 0 Å². The molecular formula is C21H17BrN4O3S. The molecule has 152 valence electrons. The normalized spacial score (nSPS) is 10.3. The SMILES string of the molecule is CSc1nc(-c2cc(Br)ccc2OCC(=O)Nc2ccc(C)cc2)c(C#N)c(=O)[nH]1. The molecule has 3 aromatic rings. The van der Waals surface area contributed by atoms with E-state index < -0.39 is 5.56 Å². The Balaban J connectivity index is 1.89. The van der Waals surface area contributed by atoms with E-state index in [1.54, 1.807) is 24.5 Å². The number of carbonyl (C=O) groups is 1. The average Bonchev–Trinajstić information content (AvgIpc) is 2.73. The van der Waals surface area contributed by atoms with Crippen LogP contribution in [0, 0.1) is 18.3 Å². The van der Waals surface area contributed by atoms with Crippen LogP contribution in [0.25, 0.3) is 11.3 Å². The highest BCUT2D eigenvalue weighted by atomic mass is 79.9. The molecule has 0 aliphatic rings. The number of ether oxygens (including phenoxy) is 1. The van der Waals surface area contributed by atoms with Gasteiger partial charge in [-0.3, -0.25) is 9.59 Å². The molecule has 7 nitrogen and oxygen atoms in total. The first-order chi connectivity index (χ1) is 14.4. The van der Waals surface area contributed by atoms with Gasteiger partial charge >= 0.3 is 0 Å². The fraction of sp³-hybridized carbons (Fsp3) is 0.143. The van der Waals surface area contributed by atoms with Gasteiger partial charge in [-0.2, -0.15) is 5.26 Å². The number of nitriles is 1. The van der Waals surface area contributed by atoms with Crippen LogP contribution in [0.1, 0.15) is 11.1 Å². The summed E-state index contributed by atoms with van der Waals surface area (Å²) in [5.74, 6) is -0.00388. The van der Waals surface area contributed by atoms with Gasteiger partial charge in [0.2, 0.25) is 0 Å². The predicted molar refractivity (Wildman–Crippen MR) is 120 cm³/mol. The monoisotopic (exact) mass is 484 g/mol. The van der Waals surface area contributed by atoms with Crippen LogP contribution < -0.4 is 15.6 Å². The molecule has 0 fully saturated rings. The number of H-pyrrole nitrogens is 1. The van der Waals surface area contributed by atoms with Crippen molar-refractivity contribution in [2.45, 2.75) is 12.1 Å². The number of anilines is 1. The quantitative estimate of drug-likeness (QED) is 0.402. The minimum atomic E-state index is -0.533. The van der Waals surface area contributed by atoms with Crippen LogP contribution in [0.5, 0.6) is 5.75 Å². The number of carbonyl (C=O) groups excluding carboxylic acids is 1. The Morgan fingerprint density at radius 2 is 2.03 bits per heavy atom. The second-order valence-electron chi connectivity index (χ2n) is 6.25. The van der Waals surface area contributed by atoms with Crippen molar-refractivity contribution < 1.29 is 9.53 Å². The first-order valence-corrected chi connectivity index (χ1v) is 10.8. The topological polar surface area (TPSA) is 108 Å².